The van der Waals surface area contributed by atoms with Crippen LogP contribution in [0.25, 0.3) is 0 Å². The predicted octanol–water partition coefficient (Wildman–Crippen LogP) is 6.75. The van der Waals surface area contributed by atoms with Crippen LogP contribution in [0.4, 0.5) is 10.1 Å². The number of hydrogen-bond acceptors (Lipinski definition) is 7. The third-order valence-corrected chi connectivity index (χ3v) is 7.36. The van der Waals surface area contributed by atoms with Gasteiger partial charge < -0.3 is 9.64 Å². The second-order valence-electron chi connectivity index (χ2n) is 8.60. The zero-order valence-corrected chi connectivity index (χ0v) is 23.8. The maximum atomic E-state index is 14.3. The predicted molar refractivity (Wildman–Crippen MR) is 159 cm³/mol. The minimum Gasteiger partial charge on any atom is -0.488 e. The Hall–Kier alpha value is -3.95. The highest BCUT2D eigenvalue weighted by atomic mass is 35.5. The summed E-state index contributed by atoms with van der Waals surface area (Å²) in [4.78, 5) is 23.2. The Morgan fingerprint density at radius 2 is 1.82 bits per heavy atom. The Morgan fingerprint density at radius 3 is 2.52 bits per heavy atom. The molecule has 1 heterocycles. The van der Waals surface area contributed by atoms with E-state index in [0.717, 1.165) is 24.3 Å². The van der Waals surface area contributed by atoms with Crippen LogP contribution < -0.4 is 15.1 Å². The van der Waals surface area contributed by atoms with E-state index in [0.29, 0.717) is 32.8 Å². The summed E-state index contributed by atoms with van der Waals surface area (Å²) in [5, 5.41) is 5.13. The van der Waals surface area contributed by atoms with Crippen LogP contribution in [0.3, 0.4) is 0 Å². The summed E-state index contributed by atoms with van der Waals surface area (Å²) in [6.07, 6.45) is 4.92. The van der Waals surface area contributed by atoms with Gasteiger partial charge in [-0.05, 0) is 61.9 Å². The first-order chi connectivity index (χ1) is 19.5. The molecule has 0 atom stereocenters. The number of carbonyl (C=O) groups is 1. The molecule has 0 aliphatic carbocycles. The Morgan fingerprint density at radius 1 is 1.07 bits per heavy atom. The van der Waals surface area contributed by atoms with Crippen molar-refractivity contribution in [3.63, 3.8) is 0 Å². The monoisotopic (exact) mass is 577 g/mol. The minimum absolute atomic E-state index is 0.0541. The highest BCUT2D eigenvalue weighted by Gasteiger charge is 2.12. The number of carbonyl (C=O) groups excluding carboxylic acids is 1. The molecule has 0 radical (unpaired) electrons. The van der Waals surface area contributed by atoms with Gasteiger partial charge >= 0.3 is 0 Å². The Labute approximate surface area is 242 Å². The number of ether oxygens (including phenoxy) is 1. The molecule has 3 aromatic carbocycles. The maximum Gasteiger partial charge on any atom is 0.271 e. The molecule has 0 fully saturated rings. The van der Waals surface area contributed by atoms with Gasteiger partial charge in [0, 0.05) is 59.7 Å². The molecule has 4 aromatic rings. The first-order valence-corrected chi connectivity index (χ1v) is 14.1. The second kappa shape index (κ2) is 14.4. The number of halogens is 2. The van der Waals surface area contributed by atoms with Gasteiger partial charge in [0.25, 0.3) is 5.91 Å². The average molecular weight is 578 g/mol. The van der Waals surface area contributed by atoms with Crippen LogP contribution in [-0.4, -0.2) is 35.2 Å². The molecule has 0 unspecified atom stereocenters. The van der Waals surface area contributed by atoms with Crippen molar-refractivity contribution >= 4 is 41.2 Å². The van der Waals surface area contributed by atoms with E-state index in [9.17, 15) is 9.18 Å². The van der Waals surface area contributed by atoms with E-state index < -0.39 is 5.82 Å². The molecular weight excluding hydrogens is 549 g/mol. The lowest BCUT2D eigenvalue weighted by atomic mass is 10.1. The molecule has 0 saturated heterocycles. The van der Waals surface area contributed by atoms with Gasteiger partial charge in [-0.15, -0.1) is 0 Å². The average Bonchev–Trinajstić information content (AvgIpc) is 2.98. The lowest BCUT2D eigenvalue weighted by Gasteiger charge is -2.22. The number of nitrogens with one attached hydrogen (secondary N) is 1. The molecule has 7 nitrogen and oxygen atoms in total. The van der Waals surface area contributed by atoms with Crippen LogP contribution in [-0.2, 0) is 12.4 Å². The highest BCUT2D eigenvalue weighted by molar-refractivity contribution is 7.98. The summed E-state index contributed by atoms with van der Waals surface area (Å²) in [6, 6.07) is 19.3. The summed E-state index contributed by atoms with van der Waals surface area (Å²) >= 11 is 7.71. The van der Waals surface area contributed by atoms with Crippen molar-refractivity contribution in [2.24, 2.45) is 5.10 Å². The highest BCUT2D eigenvalue weighted by Crippen LogP contribution is 2.28. The second-order valence-corrected chi connectivity index (χ2v) is 9.95. The first-order valence-electron chi connectivity index (χ1n) is 12.7. The number of hydrogen-bond donors (Lipinski definition) is 1. The molecule has 4 rings (SSSR count). The summed E-state index contributed by atoms with van der Waals surface area (Å²) in [5.74, 6) is 0.398. The van der Waals surface area contributed by atoms with Gasteiger partial charge in [0.2, 0.25) is 0 Å². The van der Waals surface area contributed by atoms with Crippen LogP contribution in [0, 0.1) is 5.82 Å². The van der Waals surface area contributed by atoms with Crippen molar-refractivity contribution in [3.05, 3.63) is 112 Å². The van der Waals surface area contributed by atoms with E-state index in [4.69, 9.17) is 16.3 Å². The van der Waals surface area contributed by atoms with E-state index in [2.05, 4.69) is 39.2 Å². The number of benzene rings is 3. The smallest absolute Gasteiger partial charge is 0.271 e. The number of hydrazone groups is 1. The fourth-order valence-electron chi connectivity index (χ4n) is 3.85. The normalized spacial score (nSPS) is 11.0. The number of amides is 1. The van der Waals surface area contributed by atoms with E-state index in [1.165, 1.54) is 24.0 Å². The standard InChI is InChI=1S/C30H29ClFN5O2S/c1-3-37(4-2)24-14-13-23(28(17-24)39-19-25-26(31)7-5-8-27(25)32)18-35-36-29(38)22-11-9-21(10-12-22)20-40-30-33-15-6-16-34-30/h5-18H,3-4,19-20H2,1-2H3,(H,36,38). The molecule has 40 heavy (non-hydrogen) atoms. The van der Waals surface area contributed by atoms with Gasteiger partial charge in [-0.2, -0.15) is 5.10 Å². The lowest BCUT2D eigenvalue weighted by Crippen LogP contribution is -2.22. The molecule has 1 aromatic heterocycles. The van der Waals surface area contributed by atoms with Gasteiger partial charge in [0.1, 0.15) is 18.2 Å². The molecular formula is C30H29ClFN5O2S. The third kappa shape index (κ3) is 7.80. The zero-order chi connectivity index (χ0) is 28.3. The molecule has 10 heteroatoms. The molecule has 0 spiro atoms. The summed E-state index contributed by atoms with van der Waals surface area (Å²) in [5.41, 5.74) is 5.93. The largest absolute Gasteiger partial charge is 0.488 e. The van der Waals surface area contributed by atoms with E-state index in [1.54, 1.807) is 42.7 Å². The fourth-order valence-corrected chi connectivity index (χ4v) is 4.82. The fraction of sp³-hybridized carbons (Fsp3) is 0.200. The molecule has 0 bridgehead atoms. The van der Waals surface area contributed by atoms with Crippen molar-refractivity contribution in [3.8, 4) is 5.75 Å². The molecule has 1 amide bonds. The Kier molecular flexibility index (Phi) is 10.5. The van der Waals surface area contributed by atoms with Gasteiger partial charge in [-0.1, -0.05) is 41.6 Å². The summed E-state index contributed by atoms with van der Waals surface area (Å²) in [7, 11) is 0. The summed E-state index contributed by atoms with van der Waals surface area (Å²) in [6.45, 7) is 5.71. The SMILES string of the molecule is CCN(CC)c1ccc(C=NNC(=O)c2ccc(CSc3ncccn3)cc2)c(OCc2c(F)cccc2Cl)c1. The quantitative estimate of drug-likeness (QED) is 0.0868. The van der Waals surface area contributed by atoms with Crippen molar-refractivity contribution in [2.75, 3.05) is 18.0 Å². The van der Waals surface area contributed by atoms with E-state index >= 15 is 0 Å². The Balaban J connectivity index is 1.43. The third-order valence-electron chi connectivity index (χ3n) is 6.06. The van der Waals surface area contributed by atoms with Crippen LogP contribution >= 0.6 is 23.4 Å². The molecule has 206 valence electrons. The summed E-state index contributed by atoms with van der Waals surface area (Å²) < 4.78 is 20.3. The number of anilines is 1. The van der Waals surface area contributed by atoms with E-state index in [1.807, 2.05) is 30.3 Å². The van der Waals surface area contributed by atoms with Crippen molar-refractivity contribution in [1.82, 2.24) is 15.4 Å². The molecule has 1 N–H and O–H groups in total. The molecule has 0 aliphatic rings. The van der Waals surface area contributed by atoms with E-state index in [-0.39, 0.29) is 18.1 Å². The zero-order valence-electron chi connectivity index (χ0n) is 22.2. The minimum atomic E-state index is -0.437. The molecule has 0 aliphatic heterocycles. The lowest BCUT2D eigenvalue weighted by molar-refractivity contribution is 0.0955. The number of thioether (sulfide) groups is 1. The van der Waals surface area contributed by atoms with Crippen molar-refractivity contribution < 1.29 is 13.9 Å². The van der Waals surface area contributed by atoms with Crippen LogP contribution in [0.1, 0.15) is 40.9 Å². The molecule has 0 saturated carbocycles. The van der Waals surface area contributed by atoms with Crippen molar-refractivity contribution in [1.29, 1.82) is 0 Å². The number of rotatable bonds is 12. The number of aromatic nitrogens is 2. The maximum absolute atomic E-state index is 14.3. The Bertz CT molecular complexity index is 1430. The van der Waals surface area contributed by atoms with Crippen molar-refractivity contribution in [2.45, 2.75) is 31.4 Å². The van der Waals surface area contributed by atoms with Gasteiger partial charge in [-0.3, -0.25) is 4.79 Å². The van der Waals surface area contributed by atoms with Crippen LogP contribution in [0.5, 0.6) is 5.75 Å². The number of nitrogens with zero attached hydrogens (tertiary/aromatic N) is 4. The topological polar surface area (TPSA) is 79.7 Å². The van der Waals surface area contributed by atoms with Gasteiger partial charge in [0.15, 0.2) is 5.16 Å². The van der Waals surface area contributed by atoms with Crippen LogP contribution in [0.15, 0.2) is 89.4 Å². The first kappa shape index (κ1) is 29.0. The van der Waals surface area contributed by atoms with Crippen LogP contribution in [0.2, 0.25) is 5.02 Å². The van der Waals surface area contributed by atoms with Gasteiger partial charge in [-0.25, -0.2) is 19.8 Å². The van der Waals surface area contributed by atoms with Gasteiger partial charge in [0.05, 0.1) is 11.2 Å².